The van der Waals surface area contributed by atoms with Gasteiger partial charge in [-0.15, -0.1) is 0 Å². The van der Waals surface area contributed by atoms with Crippen molar-refractivity contribution in [2.24, 2.45) is 10.5 Å². The second-order valence-electron chi connectivity index (χ2n) is 9.04. The smallest absolute Gasteiger partial charge is 0.128 e. The maximum Gasteiger partial charge on any atom is 0.128 e. The summed E-state index contributed by atoms with van der Waals surface area (Å²) in [7, 11) is 1.97. The highest BCUT2D eigenvalue weighted by Crippen LogP contribution is 2.37. The molecular formula is C23H24N8. The third-order valence-electron chi connectivity index (χ3n) is 6.91. The van der Waals surface area contributed by atoms with Crippen LogP contribution in [-0.2, 0) is 0 Å². The number of likely N-dealkylation sites (N-methyl/N-ethyl adjacent to an activating group) is 1. The fourth-order valence-corrected chi connectivity index (χ4v) is 5.04. The Morgan fingerprint density at radius 3 is 2.81 bits per heavy atom. The summed E-state index contributed by atoms with van der Waals surface area (Å²) < 4.78 is 1.82. The molecule has 1 atom stereocenters. The average Bonchev–Trinajstić information content (AvgIpc) is 3.50. The van der Waals surface area contributed by atoms with Crippen molar-refractivity contribution in [1.29, 1.82) is 5.26 Å². The fourth-order valence-electron chi connectivity index (χ4n) is 5.04. The zero-order valence-corrected chi connectivity index (χ0v) is 17.5. The Bertz CT molecular complexity index is 1210. The number of rotatable bonds is 3. The zero-order valence-electron chi connectivity index (χ0n) is 17.5. The van der Waals surface area contributed by atoms with Crippen LogP contribution in [0, 0.1) is 16.7 Å². The lowest BCUT2D eigenvalue weighted by molar-refractivity contribution is 0.199. The molecule has 3 aliphatic heterocycles. The predicted octanol–water partition coefficient (Wildman–Crippen LogP) is 2.08. The molecule has 0 radical (unpaired) electrons. The molecular weight excluding hydrogens is 388 g/mol. The van der Waals surface area contributed by atoms with E-state index in [1.165, 1.54) is 6.42 Å². The number of fused-ring (bicyclic) bond motifs is 1. The molecule has 8 nitrogen and oxygen atoms in total. The van der Waals surface area contributed by atoms with E-state index in [0.29, 0.717) is 11.0 Å². The van der Waals surface area contributed by atoms with E-state index in [1.54, 1.807) is 6.20 Å². The zero-order chi connectivity index (χ0) is 21.0. The highest BCUT2D eigenvalue weighted by atomic mass is 15.4. The molecule has 1 spiro atoms. The molecule has 1 N–H and O–H groups in total. The molecule has 0 bridgehead atoms. The van der Waals surface area contributed by atoms with E-state index in [1.807, 2.05) is 35.2 Å². The second-order valence-corrected chi connectivity index (χ2v) is 9.04. The first kappa shape index (κ1) is 18.3. The molecule has 8 heteroatoms. The van der Waals surface area contributed by atoms with Crippen molar-refractivity contribution in [1.82, 2.24) is 24.9 Å². The number of nitrogens with one attached hydrogen (secondary N) is 1. The maximum atomic E-state index is 9.62. The molecule has 0 aliphatic carbocycles. The third kappa shape index (κ3) is 2.96. The summed E-state index contributed by atoms with van der Waals surface area (Å²) in [6.07, 6.45) is 8.77. The van der Waals surface area contributed by atoms with Gasteiger partial charge in [-0.3, -0.25) is 5.01 Å². The van der Waals surface area contributed by atoms with Gasteiger partial charge in [-0.1, -0.05) is 0 Å². The Kier molecular flexibility index (Phi) is 4.02. The first-order valence-electron chi connectivity index (χ1n) is 10.7. The molecule has 156 valence electrons. The van der Waals surface area contributed by atoms with Crippen LogP contribution in [0.3, 0.4) is 0 Å². The molecule has 3 aliphatic rings. The third-order valence-corrected chi connectivity index (χ3v) is 6.91. The number of hydrogen-bond donors (Lipinski definition) is 1. The molecule has 2 fully saturated rings. The first-order chi connectivity index (χ1) is 15.1. The van der Waals surface area contributed by atoms with Crippen molar-refractivity contribution >= 4 is 17.5 Å². The van der Waals surface area contributed by atoms with Gasteiger partial charge in [0.2, 0.25) is 0 Å². The second kappa shape index (κ2) is 6.79. The van der Waals surface area contributed by atoms with Crippen LogP contribution < -0.4 is 10.2 Å². The summed E-state index contributed by atoms with van der Waals surface area (Å²) in [6.45, 7) is 5.19. The van der Waals surface area contributed by atoms with Crippen molar-refractivity contribution in [3.05, 3.63) is 47.9 Å². The van der Waals surface area contributed by atoms with Crippen LogP contribution >= 0.6 is 0 Å². The SMILES string of the molecule is CN1CC(c2cc(-c3ccc(N4CCC5(CNC5)C4)nc3)c3c(C#N)cnn3c2)C=N1. The normalized spacial score (nSPS) is 21.7. The number of hydrazone groups is 1. The van der Waals surface area contributed by atoms with Crippen molar-refractivity contribution in [3.8, 4) is 17.2 Å². The van der Waals surface area contributed by atoms with Crippen molar-refractivity contribution < 1.29 is 0 Å². The molecule has 2 saturated heterocycles. The lowest BCUT2D eigenvalue weighted by atomic mass is 9.81. The van der Waals surface area contributed by atoms with Crippen LogP contribution in [0.15, 0.2) is 41.9 Å². The lowest BCUT2D eigenvalue weighted by Crippen LogP contribution is -2.54. The van der Waals surface area contributed by atoms with E-state index in [9.17, 15) is 5.26 Å². The fraction of sp³-hybridized carbons (Fsp3) is 0.391. The van der Waals surface area contributed by atoms with E-state index in [4.69, 9.17) is 4.98 Å². The van der Waals surface area contributed by atoms with Gasteiger partial charge in [0.25, 0.3) is 0 Å². The van der Waals surface area contributed by atoms with Gasteiger partial charge in [-0.05, 0) is 30.2 Å². The van der Waals surface area contributed by atoms with Crippen molar-refractivity contribution in [3.63, 3.8) is 0 Å². The quantitative estimate of drug-likeness (QED) is 0.709. The molecule has 0 saturated carbocycles. The molecule has 0 aromatic carbocycles. The van der Waals surface area contributed by atoms with E-state index < -0.39 is 0 Å². The van der Waals surface area contributed by atoms with Gasteiger partial charge >= 0.3 is 0 Å². The highest BCUT2D eigenvalue weighted by molar-refractivity contribution is 5.85. The highest BCUT2D eigenvalue weighted by Gasteiger charge is 2.43. The Morgan fingerprint density at radius 2 is 2.16 bits per heavy atom. The molecule has 0 amide bonds. The van der Waals surface area contributed by atoms with E-state index in [2.05, 4.69) is 44.7 Å². The minimum Gasteiger partial charge on any atom is -0.356 e. The molecule has 6 heterocycles. The van der Waals surface area contributed by atoms with E-state index in [-0.39, 0.29) is 5.92 Å². The van der Waals surface area contributed by atoms with Gasteiger partial charge in [0.15, 0.2) is 0 Å². The van der Waals surface area contributed by atoms with Crippen molar-refractivity contribution in [2.45, 2.75) is 12.3 Å². The van der Waals surface area contributed by atoms with Gasteiger partial charge in [0.05, 0.1) is 17.3 Å². The summed E-state index contributed by atoms with van der Waals surface area (Å²) in [4.78, 5) is 7.20. The van der Waals surface area contributed by atoms with E-state index >= 15 is 0 Å². The number of nitrogens with zero attached hydrogens (tertiary/aromatic N) is 7. The topological polar surface area (TPSA) is 84.8 Å². The monoisotopic (exact) mass is 412 g/mol. The largest absolute Gasteiger partial charge is 0.356 e. The number of aromatic nitrogens is 3. The molecule has 6 rings (SSSR count). The Hall–Kier alpha value is -3.44. The molecule has 1 unspecified atom stereocenters. The van der Waals surface area contributed by atoms with Crippen LogP contribution in [0.1, 0.15) is 23.5 Å². The van der Waals surface area contributed by atoms with E-state index in [0.717, 1.165) is 60.7 Å². The van der Waals surface area contributed by atoms with Crippen LogP contribution in [0.4, 0.5) is 5.82 Å². The van der Waals surface area contributed by atoms with Crippen molar-refractivity contribution in [2.75, 3.05) is 44.7 Å². The Morgan fingerprint density at radius 1 is 1.26 bits per heavy atom. The number of hydrogen-bond acceptors (Lipinski definition) is 7. The Labute approximate surface area is 180 Å². The first-order valence-corrected chi connectivity index (χ1v) is 10.7. The van der Waals surface area contributed by atoms with Crippen LogP contribution in [0.5, 0.6) is 0 Å². The average molecular weight is 413 g/mol. The summed E-state index contributed by atoms with van der Waals surface area (Å²) >= 11 is 0. The lowest BCUT2D eigenvalue weighted by Gasteiger charge is -2.39. The van der Waals surface area contributed by atoms with Gasteiger partial charge in [-0.25, -0.2) is 9.50 Å². The molecule has 31 heavy (non-hydrogen) atoms. The minimum absolute atomic E-state index is 0.201. The summed E-state index contributed by atoms with van der Waals surface area (Å²) in [5.41, 5.74) is 4.94. The Balaban J connectivity index is 1.38. The van der Waals surface area contributed by atoms with Gasteiger partial charge in [0, 0.05) is 80.8 Å². The summed E-state index contributed by atoms with van der Waals surface area (Å²) in [5, 5.41) is 23.8. The van der Waals surface area contributed by atoms with Gasteiger partial charge in [-0.2, -0.15) is 15.5 Å². The van der Waals surface area contributed by atoms with Crippen LogP contribution in [0.25, 0.3) is 16.6 Å². The molecule has 3 aromatic heterocycles. The minimum atomic E-state index is 0.201. The standard InChI is InChI=1S/C23H24N8/c1-29-11-19(10-27-29)17-6-20(22-18(7-24)9-28-31(22)12-17)16-2-3-21(26-8-16)30-5-4-23(15-30)13-25-14-23/h2-3,6,8-10,12,19,25H,4-5,11,13-15H2,1H3. The number of pyridine rings is 2. The summed E-state index contributed by atoms with van der Waals surface area (Å²) in [6, 6.07) is 8.67. The summed E-state index contributed by atoms with van der Waals surface area (Å²) in [5.74, 6) is 1.23. The predicted molar refractivity (Wildman–Crippen MR) is 119 cm³/mol. The maximum absolute atomic E-state index is 9.62. The number of nitriles is 1. The number of anilines is 1. The van der Waals surface area contributed by atoms with Crippen LogP contribution in [-0.4, -0.2) is 65.6 Å². The van der Waals surface area contributed by atoms with Gasteiger partial charge < -0.3 is 10.2 Å². The van der Waals surface area contributed by atoms with Gasteiger partial charge in [0.1, 0.15) is 11.9 Å². The van der Waals surface area contributed by atoms with Crippen LogP contribution in [0.2, 0.25) is 0 Å². The molecule has 3 aromatic rings.